The van der Waals surface area contributed by atoms with E-state index in [-0.39, 0.29) is 0 Å². The van der Waals surface area contributed by atoms with Crippen LogP contribution >= 0.6 is 11.8 Å². The third-order valence-corrected chi connectivity index (χ3v) is 3.08. The predicted molar refractivity (Wildman–Crippen MR) is 82.2 cm³/mol. The van der Waals surface area contributed by atoms with Gasteiger partial charge in [-0.25, -0.2) is 0 Å². The Balaban J connectivity index is 0.000000581. The van der Waals surface area contributed by atoms with Crippen LogP contribution in [0.4, 0.5) is 0 Å². The van der Waals surface area contributed by atoms with E-state index in [1.807, 2.05) is 27.7 Å². The van der Waals surface area contributed by atoms with Crippen molar-refractivity contribution >= 4 is 22.7 Å². The van der Waals surface area contributed by atoms with Crippen LogP contribution in [0, 0.1) is 0 Å². The first-order valence-electron chi connectivity index (χ1n) is 6.49. The molecule has 1 heterocycles. The molecule has 1 aromatic carbocycles. The van der Waals surface area contributed by atoms with Crippen molar-refractivity contribution < 1.29 is 0 Å². The van der Waals surface area contributed by atoms with Crippen LogP contribution < -0.4 is 0 Å². The van der Waals surface area contributed by atoms with Crippen molar-refractivity contribution in [2.24, 2.45) is 0 Å². The van der Waals surface area contributed by atoms with Crippen LogP contribution in [0.2, 0.25) is 0 Å². The van der Waals surface area contributed by atoms with Crippen molar-refractivity contribution in [2.75, 3.05) is 6.26 Å². The Labute approximate surface area is 110 Å². The third-order valence-electron chi connectivity index (χ3n) is 2.36. The van der Waals surface area contributed by atoms with Crippen LogP contribution in [0.1, 0.15) is 40.2 Å². The highest BCUT2D eigenvalue weighted by Gasteiger charge is 2.01. The maximum atomic E-state index is 3.28. The minimum Gasteiger partial charge on any atom is -0.361 e. The predicted octanol–water partition coefficient (Wildman–Crippen LogP) is 5.50. The summed E-state index contributed by atoms with van der Waals surface area (Å²) < 4.78 is 0. The molecule has 1 aromatic heterocycles. The number of hydrogen-bond acceptors (Lipinski definition) is 1. The van der Waals surface area contributed by atoms with Gasteiger partial charge in [0.05, 0.1) is 0 Å². The zero-order valence-corrected chi connectivity index (χ0v) is 12.7. The second-order valence-corrected chi connectivity index (χ2v) is 3.96. The van der Waals surface area contributed by atoms with Crippen LogP contribution in [0.5, 0.6) is 0 Å². The van der Waals surface area contributed by atoms with E-state index in [1.54, 1.807) is 11.8 Å². The fraction of sp³-hybridized carbons (Fsp3) is 0.467. The van der Waals surface area contributed by atoms with Crippen molar-refractivity contribution in [3.05, 3.63) is 30.0 Å². The summed E-state index contributed by atoms with van der Waals surface area (Å²) >= 11 is 1.79. The Morgan fingerprint density at radius 1 is 1.12 bits per heavy atom. The lowest BCUT2D eigenvalue weighted by Gasteiger charge is -1.97. The average Bonchev–Trinajstić information content (AvgIpc) is 2.85. The highest BCUT2D eigenvalue weighted by atomic mass is 32.2. The van der Waals surface area contributed by atoms with E-state index in [0.29, 0.717) is 0 Å². The van der Waals surface area contributed by atoms with Gasteiger partial charge in [0.1, 0.15) is 0 Å². The largest absolute Gasteiger partial charge is 0.361 e. The normalized spacial score (nSPS) is 9.06. The standard InChI is InChI=1S/C11H13NS.2C2H6/c1-3-8-7-12-11-5-4-9(13-2)6-10(8)11;2*1-2/h4-7,12H,3H2,1-2H3;2*1-2H3. The quantitative estimate of drug-likeness (QED) is 0.696. The third kappa shape index (κ3) is 4.12. The van der Waals surface area contributed by atoms with E-state index < -0.39 is 0 Å². The summed E-state index contributed by atoms with van der Waals surface area (Å²) in [4.78, 5) is 4.62. The van der Waals surface area contributed by atoms with Gasteiger partial charge in [-0.1, -0.05) is 34.6 Å². The molecule has 1 nitrogen and oxygen atoms in total. The molecule has 0 aliphatic carbocycles. The lowest BCUT2D eigenvalue weighted by atomic mass is 10.1. The fourth-order valence-electron chi connectivity index (χ4n) is 1.58. The number of fused-ring (bicyclic) bond motifs is 1. The molecule has 96 valence electrons. The zero-order valence-electron chi connectivity index (χ0n) is 11.9. The van der Waals surface area contributed by atoms with Crippen LogP contribution in [0.25, 0.3) is 10.9 Å². The van der Waals surface area contributed by atoms with Gasteiger partial charge in [0.25, 0.3) is 0 Å². The van der Waals surface area contributed by atoms with Gasteiger partial charge < -0.3 is 4.98 Å². The van der Waals surface area contributed by atoms with E-state index >= 15 is 0 Å². The van der Waals surface area contributed by atoms with Crippen LogP contribution in [0.15, 0.2) is 29.3 Å². The lowest BCUT2D eigenvalue weighted by molar-refractivity contribution is 1.15. The molecule has 0 fully saturated rings. The van der Waals surface area contributed by atoms with Gasteiger partial charge in [-0.05, 0) is 36.4 Å². The highest BCUT2D eigenvalue weighted by Crippen LogP contribution is 2.24. The topological polar surface area (TPSA) is 15.8 Å². The summed E-state index contributed by atoms with van der Waals surface area (Å²) in [7, 11) is 0. The van der Waals surface area contributed by atoms with Gasteiger partial charge in [-0.15, -0.1) is 11.8 Å². The molecule has 2 aromatic rings. The van der Waals surface area contributed by atoms with E-state index in [4.69, 9.17) is 0 Å². The Morgan fingerprint density at radius 2 is 1.76 bits per heavy atom. The van der Waals surface area contributed by atoms with Crippen LogP contribution in [0.3, 0.4) is 0 Å². The summed E-state index contributed by atoms with van der Waals surface area (Å²) in [5, 5.41) is 1.37. The number of thioether (sulfide) groups is 1. The molecule has 0 saturated heterocycles. The van der Waals surface area contributed by atoms with Crippen molar-refractivity contribution in [2.45, 2.75) is 45.9 Å². The number of aryl methyl sites for hydroxylation is 1. The number of H-pyrrole nitrogens is 1. The smallest absolute Gasteiger partial charge is 0.0457 e. The van der Waals surface area contributed by atoms with Crippen molar-refractivity contribution in [3.63, 3.8) is 0 Å². The molecule has 0 unspecified atom stereocenters. The van der Waals surface area contributed by atoms with Crippen molar-refractivity contribution in [3.8, 4) is 0 Å². The van der Waals surface area contributed by atoms with E-state index in [0.717, 1.165) is 6.42 Å². The van der Waals surface area contributed by atoms with Crippen molar-refractivity contribution in [1.29, 1.82) is 0 Å². The first-order valence-corrected chi connectivity index (χ1v) is 7.71. The highest BCUT2D eigenvalue weighted by molar-refractivity contribution is 7.98. The van der Waals surface area contributed by atoms with Gasteiger partial charge >= 0.3 is 0 Å². The summed E-state index contributed by atoms with van der Waals surface area (Å²) in [6, 6.07) is 6.57. The number of hydrogen-bond donors (Lipinski definition) is 1. The van der Waals surface area contributed by atoms with E-state index in [9.17, 15) is 0 Å². The number of aromatic amines is 1. The van der Waals surface area contributed by atoms with Crippen molar-refractivity contribution in [1.82, 2.24) is 4.98 Å². The number of benzene rings is 1. The molecular formula is C15H25NS. The average molecular weight is 251 g/mol. The first-order chi connectivity index (χ1) is 8.35. The molecule has 0 aliphatic heterocycles. The molecule has 0 amide bonds. The van der Waals surface area contributed by atoms with Gasteiger partial charge in [0, 0.05) is 22.0 Å². The Morgan fingerprint density at radius 3 is 2.29 bits per heavy atom. The molecule has 0 saturated carbocycles. The van der Waals surface area contributed by atoms with Gasteiger partial charge in [0.15, 0.2) is 0 Å². The molecular weight excluding hydrogens is 226 g/mol. The summed E-state index contributed by atoms with van der Waals surface area (Å²) in [5.74, 6) is 0. The fourth-order valence-corrected chi connectivity index (χ4v) is 2.02. The Bertz CT molecular complexity index is 418. The summed E-state index contributed by atoms with van der Waals surface area (Å²) in [6.45, 7) is 10.2. The van der Waals surface area contributed by atoms with Gasteiger partial charge in [-0.3, -0.25) is 0 Å². The minimum atomic E-state index is 1.10. The second kappa shape index (κ2) is 9.17. The van der Waals surface area contributed by atoms with E-state index in [2.05, 4.69) is 42.6 Å². The Kier molecular flexibility index (Phi) is 8.69. The minimum absolute atomic E-state index is 1.10. The lowest BCUT2D eigenvalue weighted by Crippen LogP contribution is -1.76. The first kappa shape index (κ1) is 16.1. The summed E-state index contributed by atoms with van der Waals surface area (Å²) in [6.07, 6.45) is 5.31. The number of rotatable bonds is 2. The molecule has 0 spiro atoms. The maximum absolute atomic E-state index is 3.28. The SMILES string of the molecule is CC.CC.CCc1c[nH]c2ccc(SC)cc12. The second-order valence-electron chi connectivity index (χ2n) is 3.08. The number of aromatic nitrogens is 1. The molecule has 0 aliphatic rings. The maximum Gasteiger partial charge on any atom is 0.0457 e. The zero-order chi connectivity index (χ0) is 13.3. The summed E-state index contributed by atoms with van der Waals surface area (Å²) in [5.41, 5.74) is 2.65. The van der Waals surface area contributed by atoms with E-state index in [1.165, 1.54) is 21.4 Å². The molecule has 0 atom stereocenters. The number of nitrogens with one attached hydrogen (secondary N) is 1. The molecule has 2 rings (SSSR count). The molecule has 0 bridgehead atoms. The molecule has 2 heteroatoms. The van der Waals surface area contributed by atoms with Crippen LogP contribution in [-0.2, 0) is 6.42 Å². The van der Waals surface area contributed by atoms with Crippen LogP contribution in [-0.4, -0.2) is 11.2 Å². The van der Waals surface area contributed by atoms with Gasteiger partial charge in [-0.2, -0.15) is 0 Å². The monoisotopic (exact) mass is 251 g/mol. The molecule has 17 heavy (non-hydrogen) atoms. The molecule has 1 N–H and O–H groups in total. The Hall–Kier alpha value is -0.890. The molecule has 0 radical (unpaired) electrons. The van der Waals surface area contributed by atoms with Gasteiger partial charge in [0.2, 0.25) is 0 Å².